The Morgan fingerprint density at radius 1 is 1.03 bits per heavy atom. The summed E-state index contributed by atoms with van der Waals surface area (Å²) in [7, 11) is -3.81. The molecule has 12 heteroatoms. The fourth-order valence-corrected chi connectivity index (χ4v) is 4.01. The monoisotopic (exact) mass is 495 g/mol. The Balaban J connectivity index is 1.71. The number of aromatic hydroxyl groups is 1. The number of rotatable bonds is 8. The summed E-state index contributed by atoms with van der Waals surface area (Å²) in [6.07, 6.45) is -3.18. The van der Waals surface area contributed by atoms with Crippen LogP contribution in [0.5, 0.6) is 5.75 Å². The first-order chi connectivity index (χ1) is 16.0. The Bertz CT molecular complexity index is 1260. The van der Waals surface area contributed by atoms with E-state index in [1.165, 1.54) is 48.7 Å². The summed E-state index contributed by atoms with van der Waals surface area (Å²) in [6, 6.07) is 11.2. The van der Waals surface area contributed by atoms with Crippen LogP contribution in [0.25, 0.3) is 11.3 Å². The molecule has 4 N–H and O–H groups in total. The lowest BCUT2D eigenvalue weighted by Gasteiger charge is -2.12. The van der Waals surface area contributed by atoms with Gasteiger partial charge in [0.2, 0.25) is 10.0 Å². The maximum Gasteiger partial charge on any atom is 0.416 e. The number of aliphatic hydroxyl groups is 1. The molecule has 0 aliphatic heterocycles. The Morgan fingerprint density at radius 2 is 1.74 bits per heavy atom. The third-order valence-electron chi connectivity index (χ3n) is 4.62. The molecule has 1 heterocycles. The van der Waals surface area contributed by atoms with Crippen molar-refractivity contribution in [3.05, 3.63) is 71.9 Å². The first-order valence-electron chi connectivity index (χ1n) is 9.88. The minimum atomic E-state index is -4.44. The fourth-order valence-electron chi connectivity index (χ4n) is 2.90. The van der Waals surface area contributed by atoms with Crippen LogP contribution in [0.3, 0.4) is 0 Å². The van der Waals surface area contributed by atoms with Gasteiger partial charge in [0.05, 0.1) is 28.3 Å². The van der Waals surface area contributed by atoms with Crippen LogP contribution in [0.1, 0.15) is 22.3 Å². The zero-order valence-corrected chi connectivity index (χ0v) is 18.3. The van der Waals surface area contributed by atoms with E-state index in [-0.39, 0.29) is 41.5 Å². The summed E-state index contributed by atoms with van der Waals surface area (Å²) in [5, 5.41) is 21.3. The van der Waals surface area contributed by atoms with Gasteiger partial charge in [-0.2, -0.15) is 13.2 Å². The number of nitrogens with one attached hydrogen (secondary N) is 2. The molecule has 0 unspecified atom stereocenters. The molecule has 34 heavy (non-hydrogen) atoms. The molecule has 180 valence electrons. The van der Waals surface area contributed by atoms with Crippen molar-refractivity contribution in [1.82, 2.24) is 4.98 Å². The van der Waals surface area contributed by atoms with E-state index in [1.54, 1.807) is 0 Å². The van der Waals surface area contributed by atoms with Crippen LogP contribution in [0.4, 0.5) is 24.5 Å². The molecular formula is C22H20F3N3O5S. The molecule has 0 saturated heterocycles. The van der Waals surface area contributed by atoms with Gasteiger partial charge in [0, 0.05) is 24.1 Å². The number of aromatic nitrogens is 1. The second-order valence-electron chi connectivity index (χ2n) is 7.19. The van der Waals surface area contributed by atoms with Gasteiger partial charge in [-0.15, -0.1) is 0 Å². The number of phenolic OH excluding ortho intramolecular Hbond substituents is 1. The van der Waals surface area contributed by atoms with Crippen LogP contribution in [0, 0.1) is 0 Å². The van der Waals surface area contributed by atoms with E-state index in [9.17, 15) is 31.5 Å². The summed E-state index contributed by atoms with van der Waals surface area (Å²) in [4.78, 5) is 16.7. The molecule has 0 spiro atoms. The summed E-state index contributed by atoms with van der Waals surface area (Å²) in [5.41, 5.74) is 0.220. The summed E-state index contributed by atoms with van der Waals surface area (Å²) in [6.45, 7) is -0.311. The van der Waals surface area contributed by atoms with Gasteiger partial charge in [0.15, 0.2) is 0 Å². The largest absolute Gasteiger partial charge is 0.506 e. The van der Waals surface area contributed by atoms with Gasteiger partial charge < -0.3 is 15.5 Å². The summed E-state index contributed by atoms with van der Waals surface area (Å²) < 4.78 is 64.3. The lowest BCUT2D eigenvalue weighted by Crippen LogP contribution is -2.18. The van der Waals surface area contributed by atoms with Crippen LogP contribution in [0.2, 0.25) is 0 Å². The van der Waals surface area contributed by atoms with Gasteiger partial charge in [-0.25, -0.2) is 8.42 Å². The normalized spacial score (nSPS) is 11.8. The first-order valence-corrected chi connectivity index (χ1v) is 11.5. The van der Waals surface area contributed by atoms with E-state index < -0.39 is 27.7 Å². The molecule has 0 aliphatic rings. The van der Waals surface area contributed by atoms with Gasteiger partial charge in [0.1, 0.15) is 5.75 Å². The molecule has 0 aliphatic carbocycles. The predicted octanol–water partition coefficient (Wildman–Crippen LogP) is 3.85. The number of aliphatic hydroxyl groups excluding tert-OH is 1. The number of hydrogen-bond acceptors (Lipinski definition) is 6. The average Bonchev–Trinajstić information content (AvgIpc) is 2.79. The lowest BCUT2D eigenvalue weighted by molar-refractivity contribution is -0.137. The van der Waals surface area contributed by atoms with Crippen molar-refractivity contribution in [3.63, 3.8) is 0 Å². The Labute approximate surface area is 193 Å². The van der Waals surface area contributed by atoms with E-state index in [0.717, 1.165) is 12.1 Å². The van der Waals surface area contributed by atoms with Crippen molar-refractivity contribution in [2.24, 2.45) is 0 Å². The number of halogens is 3. The smallest absolute Gasteiger partial charge is 0.416 e. The second-order valence-corrected chi connectivity index (χ2v) is 9.03. The van der Waals surface area contributed by atoms with Crippen molar-refractivity contribution in [1.29, 1.82) is 0 Å². The molecule has 0 saturated carbocycles. The quantitative estimate of drug-likeness (QED) is 0.278. The van der Waals surface area contributed by atoms with E-state index in [1.807, 2.05) is 0 Å². The first kappa shape index (κ1) is 25.0. The molecule has 0 fully saturated rings. The highest BCUT2D eigenvalue weighted by molar-refractivity contribution is 7.92. The minimum Gasteiger partial charge on any atom is -0.506 e. The maximum atomic E-state index is 12.7. The van der Waals surface area contributed by atoms with Crippen LogP contribution in [0.15, 0.2) is 60.8 Å². The van der Waals surface area contributed by atoms with Crippen molar-refractivity contribution in [2.75, 3.05) is 22.4 Å². The minimum absolute atomic E-state index is 0.0159. The molecule has 2 aromatic carbocycles. The molecule has 0 radical (unpaired) electrons. The van der Waals surface area contributed by atoms with Crippen molar-refractivity contribution >= 4 is 27.3 Å². The van der Waals surface area contributed by atoms with Crippen LogP contribution >= 0.6 is 0 Å². The number of carbonyl (C=O) groups excluding carboxylic acids is 1. The van der Waals surface area contributed by atoms with Gasteiger partial charge in [-0.3, -0.25) is 14.5 Å². The van der Waals surface area contributed by atoms with E-state index in [2.05, 4.69) is 15.0 Å². The average molecular weight is 495 g/mol. The zero-order chi connectivity index (χ0) is 24.9. The number of anilines is 2. The molecule has 1 amide bonds. The van der Waals surface area contributed by atoms with Crippen LogP contribution in [-0.4, -0.2) is 41.9 Å². The molecule has 0 bridgehead atoms. The highest BCUT2D eigenvalue weighted by atomic mass is 32.2. The lowest BCUT2D eigenvalue weighted by atomic mass is 10.1. The Kier molecular flexibility index (Phi) is 7.42. The van der Waals surface area contributed by atoms with E-state index in [0.29, 0.717) is 11.3 Å². The van der Waals surface area contributed by atoms with Crippen molar-refractivity contribution in [2.45, 2.75) is 12.6 Å². The molecule has 3 rings (SSSR count). The number of hydrogen-bond donors (Lipinski definition) is 4. The third kappa shape index (κ3) is 6.45. The number of carbonyl (C=O) groups is 1. The Hall–Kier alpha value is -3.64. The van der Waals surface area contributed by atoms with Crippen LogP contribution in [-0.2, 0) is 16.2 Å². The van der Waals surface area contributed by atoms with Gasteiger partial charge in [0.25, 0.3) is 5.91 Å². The number of benzene rings is 2. The van der Waals surface area contributed by atoms with E-state index >= 15 is 0 Å². The van der Waals surface area contributed by atoms with Crippen LogP contribution < -0.4 is 10.0 Å². The number of pyridine rings is 1. The topological polar surface area (TPSA) is 129 Å². The number of nitrogens with zero attached hydrogens (tertiary/aromatic N) is 1. The molecule has 0 atom stereocenters. The number of amides is 1. The molecular weight excluding hydrogens is 475 g/mol. The fraction of sp³-hybridized carbons (Fsp3) is 0.182. The zero-order valence-electron chi connectivity index (χ0n) is 17.5. The highest BCUT2D eigenvalue weighted by Gasteiger charge is 2.30. The maximum absolute atomic E-state index is 12.7. The number of phenols is 1. The Morgan fingerprint density at radius 3 is 2.32 bits per heavy atom. The number of alkyl halides is 3. The second kappa shape index (κ2) is 10.1. The van der Waals surface area contributed by atoms with Gasteiger partial charge in [-0.1, -0.05) is 12.1 Å². The van der Waals surface area contributed by atoms with Crippen molar-refractivity contribution in [3.8, 4) is 17.0 Å². The van der Waals surface area contributed by atoms with Gasteiger partial charge in [-0.05, 0) is 48.9 Å². The van der Waals surface area contributed by atoms with Crippen molar-refractivity contribution < 1.29 is 36.6 Å². The molecule has 3 aromatic rings. The highest BCUT2D eigenvalue weighted by Crippen LogP contribution is 2.31. The predicted molar refractivity (Wildman–Crippen MR) is 120 cm³/mol. The SMILES string of the molecule is O=C(Nc1ccc(O)c(NS(=O)(=O)CCCO)c1)c1ccc(-c2ccc(C(F)(F)F)cc2)nc1. The third-order valence-corrected chi connectivity index (χ3v) is 5.98. The summed E-state index contributed by atoms with van der Waals surface area (Å²) in [5.74, 6) is -1.28. The number of sulfonamides is 1. The summed E-state index contributed by atoms with van der Waals surface area (Å²) >= 11 is 0. The molecule has 1 aromatic heterocycles. The van der Waals surface area contributed by atoms with Gasteiger partial charge >= 0.3 is 6.18 Å². The van der Waals surface area contributed by atoms with E-state index in [4.69, 9.17) is 5.11 Å². The molecule has 8 nitrogen and oxygen atoms in total. The standard InChI is InChI=1S/C22H20F3N3O5S/c23-22(24,25)16-5-2-14(3-6-16)18-8-4-15(13-26-18)21(31)27-17-7-9-20(30)19(12-17)28-34(32,33)11-1-10-29/h2-9,12-13,28-30H,1,10-11H2,(H,27,31).